The Morgan fingerprint density at radius 3 is 2.59 bits per heavy atom. The minimum atomic E-state index is 0.0339. The normalized spacial score (nSPS) is 14.0. The second-order valence-electron chi connectivity index (χ2n) is 7.76. The maximum atomic E-state index is 9.47. The van der Waals surface area contributed by atoms with Crippen molar-refractivity contribution in [2.75, 3.05) is 6.61 Å². The number of aliphatic hydroxyl groups excluding tert-OH is 1. The second kappa shape index (κ2) is 9.16. The topological polar surface area (TPSA) is 72.5 Å². The number of aryl methyl sites for hydroxylation is 1. The summed E-state index contributed by atoms with van der Waals surface area (Å²) in [7, 11) is 0. The van der Waals surface area contributed by atoms with Crippen molar-refractivity contribution in [2.24, 2.45) is 5.16 Å². The molecule has 0 saturated heterocycles. The van der Waals surface area contributed by atoms with Gasteiger partial charge in [0.05, 0.1) is 30.8 Å². The van der Waals surface area contributed by atoms with Crippen LogP contribution in [0, 0.1) is 0 Å². The summed E-state index contributed by atoms with van der Waals surface area (Å²) in [5.74, 6) is 0. The van der Waals surface area contributed by atoms with Crippen LogP contribution in [0.3, 0.4) is 0 Å². The SMILES string of the molecule is OCCn1ncc(-c2ccc3c(c2)CC/C3=N\OCc2ccccc2)c1-c1ccncc1. The highest BCUT2D eigenvalue weighted by molar-refractivity contribution is 6.04. The molecule has 0 aliphatic heterocycles. The molecule has 0 bridgehead atoms. The van der Waals surface area contributed by atoms with E-state index in [9.17, 15) is 5.11 Å². The lowest BCUT2D eigenvalue weighted by Gasteiger charge is -2.10. The van der Waals surface area contributed by atoms with Crippen molar-refractivity contribution >= 4 is 5.71 Å². The summed E-state index contributed by atoms with van der Waals surface area (Å²) >= 11 is 0. The summed E-state index contributed by atoms with van der Waals surface area (Å²) in [6.45, 7) is 0.946. The average Bonchev–Trinajstić information content (AvgIpc) is 3.44. The highest BCUT2D eigenvalue weighted by Crippen LogP contribution is 2.35. The average molecular weight is 425 g/mol. The Bertz CT molecular complexity index is 1230. The molecule has 1 N–H and O–H groups in total. The number of aliphatic hydroxyl groups is 1. The molecular weight excluding hydrogens is 400 g/mol. The first-order valence-electron chi connectivity index (χ1n) is 10.8. The Kier molecular flexibility index (Phi) is 5.77. The van der Waals surface area contributed by atoms with Gasteiger partial charge >= 0.3 is 0 Å². The molecule has 1 aliphatic carbocycles. The summed E-state index contributed by atoms with van der Waals surface area (Å²) in [5.41, 5.74) is 8.67. The predicted molar refractivity (Wildman–Crippen MR) is 124 cm³/mol. The predicted octanol–water partition coefficient (Wildman–Crippen LogP) is 4.47. The van der Waals surface area contributed by atoms with Crippen LogP contribution in [-0.2, 0) is 24.4 Å². The van der Waals surface area contributed by atoms with Crippen LogP contribution in [0.4, 0.5) is 0 Å². The maximum Gasteiger partial charge on any atom is 0.142 e. The molecule has 2 heterocycles. The zero-order valence-electron chi connectivity index (χ0n) is 17.7. The monoisotopic (exact) mass is 424 g/mol. The first-order chi connectivity index (χ1) is 15.8. The number of hydrogen-bond donors (Lipinski definition) is 1. The van der Waals surface area contributed by atoms with Crippen LogP contribution in [0.15, 0.2) is 84.4 Å². The van der Waals surface area contributed by atoms with Gasteiger partial charge < -0.3 is 9.94 Å². The van der Waals surface area contributed by atoms with Gasteiger partial charge in [-0.1, -0.05) is 53.7 Å². The van der Waals surface area contributed by atoms with Gasteiger partial charge in [-0.25, -0.2) is 0 Å². The molecule has 2 aromatic heterocycles. The number of pyridine rings is 1. The van der Waals surface area contributed by atoms with Gasteiger partial charge in [0.15, 0.2) is 0 Å². The molecule has 6 heteroatoms. The van der Waals surface area contributed by atoms with Crippen molar-refractivity contribution < 1.29 is 9.94 Å². The highest BCUT2D eigenvalue weighted by atomic mass is 16.6. The number of nitrogens with zero attached hydrogens (tertiary/aromatic N) is 4. The first kappa shape index (κ1) is 20.2. The molecule has 0 radical (unpaired) electrons. The molecule has 6 nitrogen and oxygen atoms in total. The molecule has 0 spiro atoms. The number of aromatic nitrogens is 3. The molecule has 32 heavy (non-hydrogen) atoms. The van der Waals surface area contributed by atoms with Crippen LogP contribution in [0.1, 0.15) is 23.1 Å². The Morgan fingerprint density at radius 2 is 1.78 bits per heavy atom. The van der Waals surface area contributed by atoms with Crippen molar-refractivity contribution in [3.8, 4) is 22.4 Å². The fraction of sp³-hybridized carbons (Fsp3) is 0.192. The first-order valence-corrected chi connectivity index (χ1v) is 10.8. The van der Waals surface area contributed by atoms with Crippen LogP contribution >= 0.6 is 0 Å². The lowest BCUT2D eigenvalue weighted by Crippen LogP contribution is -2.05. The van der Waals surface area contributed by atoms with E-state index < -0.39 is 0 Å². The lowest BCUT2D eigenvalue weighted by molar-refractivity contribution is 0.130. The number of hydrogen-bond acceptors (Lipinski definition) is 5. The molecule has 0 saturated carbocycles. The van der Waals surface area contributed by atoms with Crippen LogP contribution in [-0.4, -0.2) is 32.2 Å². The van der Waals surface area contributed by atoms with Crippen LogP contribution in [0.2, 0.25) is 0 Å². The molecule has 160 valence electrons. The Hall–Kier alpha value is -3.77. The second-order valence-corrected chi connectivity index (χ2v) is 7.76. The van der Waals surface area contributed by atoms with Gasteiger partial charge in [-0.2, -0.15) is 5.10 Å². The van der Waals surface area contributed by atoms with E-state index in [4.69, 9.17) is 4.84 Å². The molecule has 0 fully saturated rings. The van der Waals surface area contributed by atoms with Crippen LogP contribution < -0.4 is 0 Å². The van der Waals surface area contributed by atoms with Gasteiger partial charge in [0.25, 0.3) is 0 Å². The van der Waals surface area contributed by atoms with E-state index in [2.05, 4.69) is 33.4 Å². The zero-order valence-corrected chi connectivity index (χ0v) is 17.7. The fourth-order valence-corrected chi connectivity index (χ4v) is 4.17. The molecule has 1 aliphatic rings. The molecule has 4 aromatic rings. The zero-order chi connectivity index (χ0) is 21.8. The van der Waals surface area contributed by atoms with Gasteiger partial charge in [-0.3, -0.25) is 9.67 Å². The fourth-order valence-electron chi connectivity index (χ4n) is 4.17. The van der Waals surface area contributed by atoms with E-state index in [1.54, 1.807) is 12.4 Å². The Labute approximate surface area is 186 Å². The summed E-state index contributed by atoms with van der Waals surface area (Å²) < 4.78 is 1.85. The third-order valence-corrected chi connectivity index (χ3v) is 5.71. The van der Waals surface area contributed by atoms with Gasteiger partial charge in [-0.15, -0.1) is 0 Å². The number of fused-ring (bicyclic) bond motifs is 1. The number of benzene rings is 2. The van der Waals surface area contributed by atoms with Crippen molar-refractivity contribution in [1.82, 2.24) is 14.8 Å². The van der Waals surface area contributed by atoms with E-state index in [0.717, 1.165) is 52.1 Å². The number of rotatable bonds is 7. The van der Waals surface area contributed by atoms with Crippen molar-refractivity contribution in [2.45, 2.75) is 26.0 Å². The smallest absolute Gasteiger partial charge is 0.142 e. The third kappa shape index (κ3) is 4.05. The molecule has 0 amide bonds. The minimum Gasteiger partial charge on any atom is -0.394 e. The van der Waals surface area contributed by atoms with Gasteiger partial charge in [0.2, 0.25) is 0 Å². The quantitative estimate of drug-likeness (QED) is 0.444. The number of oxime groups is 1. The summed E-state index contributed by atoms with van der Waals surface area (Å²) in [5, 5.41) is 18.4. The highest BCUT2D eigenvalue weighted by Gasteiger charge is 2.21. The largest absolute Gasteiger partial charge is 0.394 e. The molecule has 2 aromatic carbocycles. The van der Waals surface area contributed by atoms with E-state index >= 15 is 0 Å². The molecule has 0 unspecified atom stereocenters. The standard InChI is InChI=1S/C26H24N4O2/c31-15-14-30-26(20-10-12-27-13-11-20)24(17-28-30)22-6-8-23-21(16-22)7-9-25(23)29-32-18-19-4-2-1-3-5-19/h1-6,8,10-13,16-17,31H,7,9,14-15,18H2/b29-25+. The van der Waals surface area contributed by atoms with Crippen LogP contribution in [0.5, 0.6) is 0 Å². The minimum absolute atomic E-state index is 0.0339. The van der Waals surface area contributed by atoms with Crippen molar-refractivity contribution in [1.29, 1.82) is 0 Å². The van der Waals surface area contributed by atoms with Gasteiger partial charge in [0.1, 0.15) is 6.61 Å². The van der Waals surface area contributed by atoms with Crippen molar-refractivity contribution in [3.05, 3.63) is 95.9 Å². The summed E-state index contributed by atoms with van der Waals surface area (Å²) in [6, 6.07) is 20.5. The van der Waals surface area contributed by atoms with E-state index in [1.807, 2.05) is 53.3 Å². The molecule has 0 atom stereocenters. The molecule has 5 rings (SSSR count). The Morgan fingerprint density at radius 1 is 0.938 bits per heavy atom. The summed E-state index contributed by atoms with van der Waals surface area (Å²) in [6.07, 6.45) is 7.23. The maximum absolute atomic E-state index is 9.47. The van der Waals surface area contributed by atoms with E-state index in [0.29, 0.717) is 13.2 Å². The van der Waals surface area contributed by atoms with Gasteiger partial charge in [0, 0.05) is 29.1 Å². The van der Waals surface area contributed by atoms with E-state index in [-0.39, 0.29) is 6.61 Å². The van der Waals surface area contributed by atoms with Crippen molar-refractivity contribution in [3.63, 3.8) is 0 Å². The van der Waals surface area contributed by atoms with Crippen LogP contribution in [0.25, 0.3) is 22.4 Å². The Balaban J connectivity index is 1.42. The van der Waals surface area contributed by atoms with Gasteiger partial charge in [-0.05, 0) is 41.7 Å². The lowest BCUT2D eigenvalue weighted by atomic mass is 9.98. The molecular formula is C26H24N4O2. The third-order valence-electron chi connectivity index (χ3n) is 5.71. The summed E-state index contributed by atoms with van der Waals surface area (Å²) in [4.78, 5) is 9.76. The van der Waals surface area contributed by atoms with E-state index in [1.165, 1.54) is 5.56 Å².